The van der Waals surface area contributed by atoms with Crippen molar-refractivity contribution in [3.8, 4) is 0 Å². The molecular formula is C18H24N4O2. The largest absolute Gasteiger partial charge is 0.355 e. The van der Waals surface area contributed by atoms with Crippen molar-refractivity contribution >= 4 is 11.8 Å². The molecule has 0 radical (unpaired) electrons. The Morgan fingerprint density at radius 2 is 1.83 bits per heavy atom. The zero-order chi connectivity index (χ0) is 17.9. The van der Waals surface area contributed by atoms with Gasteiger partial charge in [-0.1, -0.05) is 12.1 Å². The highest BCUT2D eigenvalue weighted by Crippen LogP contribution is 2.14. The van der Waals surface area contributed by atoms with E-state index in [2.05, 4.69) is 10.4 Å². The summed E-state index contributed by atoms with van der Waals surface area (Å²) in [6.07, 6.45) is 0.346. The van der Waals surface area contributed by atoms with E-state index in [1.807, 2.05) is 33.0 Å². The van der Waals surface area contributed by atoms with E-state index in [4.69, 9.17) is 0 Å². The van der Waals surface area contributed by atoms with E-state index < -0.39 is 0 Å². The summed E-state index contributed by atoms with van der Waals surface area (Å²) in [4.78, 5) is 25.7. The minimum atomic E-state index is -0.117. The zero-order valence-electron chi connectivity index (χ0n) is 14.9. The fourth-order valence-corrected chi connectivity index (χ4v) is 2.63. The van der Waals surface area contributed by atoms with Gasteiger partial charge in [0, 0.05) is 44.5 Å². The van der Waals surface area contributed by atoms with Gasteiger partial charge in [0.05, 0.1) is 12.1 Å². The van der Waals surface area contributed by atoms with Crippen molar-refractivity contribution in [2.75, 3.05) is 14.1 Å². The highest BCUT2D eigenvalue weighted by molar-refractivity contribution is 5.93. The zero-order valence-corrected chi connectivity index (χ0v) is 14.9. The molecule has 0 aliphatic carbocycles. The Morgan fingerprint density at radius 3 is 2.33 bits per heavy atom. The molecule has 6 nitrogen and oxygen atoms in total. The lowest BCUT2D eigenvalue weighted by Crippen LogP contribution is -2.28. The third kappa shape index (κ3) is 3.82. The van der Waals surface area contributed by atoms with Crippen LogP contribution in [0.5, 0.6) is 0 Å². The van der Waals surface area contributed by atoms with Crippen LogP contribution in [0.4, 0.5) is 0 Å². The molecule has 6 heteroatoms. The average molecular weight is 328 g/mol. The maximum Gasteiger partial charge on any atom is 0.251 e. The van der Waals surface area contributed by atoms with Crippen LogP contribution in [-0.4, -0.2) is 40.6 Å². The van der Waals surface area contributed by atoms with Crippen molar-refractivity contribution in [1.29, 1.82) is 0 Å². The van der Waals surface area contributed by atoms with Gasteiger partial charge in [-0.05, 0) is 31.5 Å². The number of amides is 2. The van der Waals surface area contributed by atoms with Gasteiger partial charge in [0.15, 0.2) is 0 Å². The van der Waals surface area contributed by atoms with Crippen molar-refractivity contribution in [2.24, 2.45) is 7.05 Å². The van der Waals surface area contributed by atoms with Crippen molar-refractivity contribution in [1.82, 2.24) is 20.0 Å². The third-order valence-corrected chi connectivity index (χ3v) is 4.28. The molecule has 1 heterocycles. The van der Waals surface area contributed by atoms with Crippen LogP contribution in [0.1, 0.15) is 32.9 Å². The number of aromatic nitrogens is 2. The fourth-order valence-electron chi connectivity index (χ4n) is 2.63. The maximum absolute atomic E-state index is 12.5. The number of nitrogens with zero attached hydrogens (tertiary/aromatic N) is 3. The van der Waals surface area contributed by atoms with E-state index in [1.54, 1.807) is 35.8 Å². The number of nitrogens with one attached hydrogen (secondary N) is 1. The second-order valence-electron chi connectivity index (χ2n) is 5.98. The van der Waals surface area contributed by atoms with Crippen LogP contribution in [0, 0.1) is 13.8 Å². The highest BCUT2D eigenvalue weighted by atomic mass is 16.2. The number of benzene rings is 1. The van der Waals surface area contributed by atoms with E-state index in [-0.39, 0.29) is 11.8 Å². The summed E-state index contributed by atoms with van der Waals surface area (Å²) < 4.78 is 1.80. The molecule has 128 valence electrons. The van der Waals surface area contributed by atoms with Crippen molar-refractivity contribution in [3.05, 3.63) is 52.3 Å². The molecule has 24 heavy (non-hydrogen) atoms. The first kappa shape index (κ1) is 17.7. The number of carbonyl (C=O) groups is 2. The fraction of sp³-hybridized carbons (Fsp3) is 0.389. The molecular weight excluding hydrogens is 304 g/mol. The molecule has 0 unspecified atom stereocenters. The van der Waals surface area contributed by atoms with Crippen LogP contribution in [0.3, 0.4) is 0 Å². The first-order valence-electron chi connectivity index (χ1n) is 7.87. The predicted molar refractivity (Wildman–Crippen MR) is 92.7 cm³/mol. The Hall–Kier alpha value is -2.63. The highest BCUT2D eigenvalue weighted by Gasteiger charge is 2.16. The number of hydrogen-bond acceptors (Lipinski definition) is 3. The average Bonchev–Trinajstić information content (AvgIpc) is 2.81. The number of aryl methyl sites for hydroxylation is 2. The summed E-state index contributed by atoms with van der Waals surface area (Å²) >= 11 is 0. The van der Waals surface area contributed by atoms with Gasteiger partial charge in [-0.25, -0.2) is 0 Å². The first-order valence-corrected chi connectivity index (χ1v) is 7.87. The van der Waals surface area contributed by atoms with E-state index in [9.17, 15) is 9.59 Å². The van der Waals surface area contributed by atoms with Gasteiger partial charge in [0.2, 0.25) is 5.91 Å². The van der Waals surface area contributed by atoms with Crippen LogP contribution in [0.25, 0.3) is 0 Å². The summed E-state index contributed by atoms with van der Waals surface area (Å²) in [5.74, 6) is -0.0712. The molecule has 2 amide bonds. The van der Waals surface area contributed by atoms with E-state index >= 15 is 0 Å². The van der Waals surface area contributed by atoms with Gasteiger partial charge in [-0.2, -0.15) is 5.10 Å². The molecule has 2 rings (SSSR count). The number of carbonyl (C=O) groups excluding carboxylic acids is 2. The van der Waals surface area contributed by atoms with E-state index in [0.29, 0.717) is 18.5 Å². The Kier molecular flexibility index (Phi) is 5.39. The molecule has 0 spiro atoms. The molecule has 2 aromatic rings. The van der Waals surface area contributed by atoms with E-state index in [1.165, 1.54) is 0 Å². The molecule has 0 fully saturated rings. The lowest BCUT2D eigenvalue weighted by atomic mass is 10.1. The molecule has 1 N–H and O–H groups in total. The standard InChI is InChI=1S/C18H24N4O2/c1-12-16(13(2)22(5)20-12)10-17(23)21(4)11-14-6-8-15(9-7-14)18(24)19-3/h6-9H,10-11H2,1-5H3,(H,19,24). The molecule has 0 aliphatic heterocycles. The molecule has 1 aromatic carbocycles. The van der Waals surface area contributed by atoms with Gasteiger partial charge < -0.3 is 10.2 Å². The van der Waals surface area contributed by atoms with Crippen molar-refractivity contribution in [2.45, 2.75) is 26.8 Å². The molecule has 0 atom stereocenters. The minimum absolute atomic E-state index is 0.0459. The van der Waals surface area contributed by atoms with Gasteiger partial charge in [-0.15, -0.1) is 0 Å². The molecule has 0 saturated heterocycles. The second kappa shape index (κ2) is 7.29. The lowest BCUT2D eigenvalue weighted by Gasteiger charge is -2.17. The van der Waals surface area contributed by atoms with Crippen LogP contribution >= 0.6 is 0 Å². The number of rotatable bonds is 5. The number of likely N-dealkylation sites (N-methyl/N-ethyl adjacent to an activating group) is 1. The first-order chi connectivity index (χ1) is 11.3. The maximum atomic E-state index is 12.5. The Morgan fingerprint density at radius 1 is 1.21 bits per heavy atom. The van der Waals surface area contributed by atoms with Crippen LogP contribution in [0.2, 0.25) is 0 Å². The van der Waals surface area contributed by atoms with Gasteiger partial charge >= 0.3 is 0 Å². The van der Waals surface area contributed by atoms with Gasteiger partial charge in [0.25, 0.3) is 5.91 Å². The SMILES string of the molecule is CNC(=O)c1ccc(CN(C)C(=O)Cc2c(C)nn(C)c2C)cc1. The normalized spacial score (nSPS) is 10.5. The minimum Gasteiger partial charge on any atom is -0.355 e. The second-order valence-corrected chi connectivity index (χ2v) is 5.98. The Bertz CT molecular complexity index is 747. The van der Waals surface area contributed by atoms with Gasteiger partial charge in [-0.3, -0.25) is 14.3 Å². The summed E-state index contributed by atoms with van der Waals surface area (Å²) in [6, 6.07) is 7.27. The summed E-state index contributed by atoms with van der Waals surface area (Å²) in [5.41, 5.74) is 4.50. The summed E-state index contributed by atoms with van der Waals surface area (Å²) in [5, 5.41) is 6.94. The molecule has 1 aromatic heterocycles. The van der Waals surface area contributed by atoms with Crippen LogP contribution in [0.15, 0.2) is 24.3 Å². The quantitative estimate of drug-likeness (QED) is 0.906. The topological polar surface area (TPSA) is 67.2 Å². The van der Waals surface area contributed by atoms with E-state index in [0.717, 1.165) is 22.5 Å². The van der Waals surface area contributed by atoms with Crippen molar-refractivity contribution in [3.63, 3.8) is 0 Å². The molecule has 0 bridgehead atoms. The monoisotopic (exact) mass is 328 g/mol. The predicted octanol–water partition coefficient (Wildman–Crippen LogP) is 1.60. The Balaban J connectivity index is 2.02. The summed E-state index contributed by atoms with van der Waals surface area (Å²) in [6.45, 7) is 4.40. The molecule has 0 aliphatic rings. The third-order valence-electron chi connectivity index (χ3n) is 4.28. The van der Waals surface area contributed by atoms with Crippen LogP contribution in [-0.2, 0) is 24.8 Å². The smallest absolute Gasteiger partial charge is 0.251 e. The molecule has 0 saturated carbocycles. The Labute approximate surface area is 142 Å². The van der Waals surface area contributed by atoms with Crippen molar-refractivity contribution < 1.29 is 9.59 Å². The number of hydrogen-bond donors (Lipinski definition) is 1. The van der Waals surface area contributed by atoms with Gasteiger partial charge in [0.1, 0.15) is 0 Å². The van der Waals surface area contributed by atoms with Crippen LogP contribution < -0.4 is 5.32 Å². The lowest BCUT2D eigenvalue weighted by molar-refractivity contribution is -0.129. The summed E-state index contributed by atoms with van der Waals surface area (Å²) in [7, 11) is 5.27.